The Morgan fingerprint density at radius 3 is 2.39 bits per heavy atom. The van der Waals surface area contributed by atoms with Crippen LogP contribution in [0.15, 0.2) is 0 Å². The lowest BCUT2D eigenvalue weighted by atomic mass is 9.79. The largest absolute Gasteiger partial charge is 0.394 e. The van der Waals surface area contributed by atoms with Gasteiger partial charge >= 0.3 is 6.03 Å². The minimum absolute atomic E-state index is 0.0206. The van der Waals surface area contributed by atoms with Crippen molar-refractivity contribution in [1.82, 2.24) is 15.1 Å². The van der Waals surface area contributed by atoms with Gasteiger partial charge in [0.1, 0.15) is 0 Å². The van der Waals surface area contributed by atoms with Gasteiger partial charge in [-0.1, -0.05) is 25.7 Å². The minimum Gasteiger partial charge on any atom is -0.394 e. The van der Waals surface area contributed by atoms with E-state index in [-0.39, 0.29) is 24.2 Å². The highest BCUT2D eigenvalue weighted by Gasteiger charge is 2.39. The molecule has 3 aliphatic rings. The Balaban J connectivity index is 1.61. The van der Waals surface area contributed by atoms with Gasteiger partial charge in [0.25, 0.3) is 0 Å². The second kappa shape index (κ2) is 7.84. The fourth-order valence-corrected chi connectivity index (χ4v) is 4.82. The van der Waals surface area contributed by atoms with Crippen LogP contribution in [0, 0.1) is 0 Å². The molecule has 3 rings (SSSR count). The average molecular weight is 323 g/mol. The topological polar surface area (TPSA) is 55.8 Å². The van der Waals surface area contributed by atoms with E-state index in [0.29, 0.717) is 0 Å². The van der Waals surface area contributed by atoms with Gasteiger partial charge in [0, 0.05) is 18.6 Å². The number of nitrogens with zero attached hydrogens (tertiary/aromatic N) is 2. The summed E-state index contributed by atoms with van der Waals surface area (Å²) in [5, 5.41) is 12.7. The summed E-state index contributed by atoms with van der Waals surface area (Å²) in [7, 11) is 0. The zero-order chi connectivity index (χ0) is 16.1. The molecule has 2 amide bonds. The number of amides is 2. The fraction of sp³-hybridized carbons (Fsp3) is 0.944. The summed E-state index contributed by atoms with van der Waals surface area (Å²) < 4.78 is 0. The lowest BCUT2D eigenvalue weighted by Gasteiger charge is -2.48. The molecule has 0 aromatic rings. The summed E-state index contributed by atoms with van der Waals surface area (Å²) in [6.07, 6.45) is 12.2. The van der Waals surface area contributed by atoms with Crippen molar-refractivity contribution in [2.24, 2.45) is 0 Å². The van der Waals surface area contributed by atoms with E-state index in [4.69, 9.17) is 0 Å². The molecule has 23 heavy (non-hydrogen) atoms. The van der Waals surface area contributed by atoms with Crippen molar-refractivity contribution >= 4 is 6.03 Å². The molecule has 0 aromatic carbocycles. The maximum Gasteiger partial charge on any atom is 0.317 e. The second-order valence-corrected chi connectivity index (χ2v) is 7.66. The highest BCUT2D eigenvalue weighted by Crippen LogP contribution is 2.35. The molecule has 1 atom stereocenters. The van der Waals surface area contributed by atoms with Crippen LogP contribution in [0.4, 0.5) is 4.79 Å². The molecule has 0 radical (unpaired) electrons. The summed E-state index contributed by atoms with van der Waals surface area (Å²) in [6, 6.07) is 0.0517. The number of hydrogen-bond donors (Lipinski definition) is 2. The van der Waals surface area contributed by atoms with Gasteiger partial charge in [0.05, 0.1) is 12.6 Å². The Morgan fingerprint density at radius 2 is 1.70 bits per heavy atom. The number of rotatable bonds is 4. The van der Waals surface area contributed by atoms with Crippen LogP contribution < -0.4 is 5.32 Å². The summed E-state index contributed by atoms with van der Waals surface area (Å²) >= 11 is 0. The molecule has 0 bridgehead atoms. The smallest absolute Gasteiger partial charge is 0.317 e. The van der Waals surface area contributed by atoms with Gasteiger partial charge in [0.15, 0.2) is 0 Å². The minimum atomic E-state index is 0.0206. The van der Waals surface area contributed by atoms with Crippen LogP contribution in [-0.4, -0.2) is 65.3 Å². The molecule has 2 N–H and O–H groups in total. The number of urea groups is 1. The number of nitrogens with one attached hydrogen (secondary N) is 1. The molecule has 5 heteroatoms. The molecule has 5 nitrogen and oxygen atoms in total. The van der Waals surface area contributed by atoms with Crippen molar-refractivity contribution in [1.29, 1.82) is 0 Å². The van der Waals surface area contributed by atoms with E-state index < -0.39 is 0 Å². The molecular formula is C18H33N3O2. The van der Waals surface area contributed by atoms with Crippen molar-refractivity contribution in [2.45, 2.75) is 75.8 Å². The summed E-state index contributed by atoms with van der Waals surface area (Å²) in [5.41, 5.74) is 0.183. The van der Waals surface area contributed by atoms with Crippen molar-refractivity contribution in [3.8, 4) is 0 Å². The van der Waals surface area contributed by atoms with Gasteiger partial charge < -0.3 is 15.3 Å². The third kappa shape index (κ3) is 3.82. The van der Waals surface area contributed by atoms with Gasteiger partial charge in [0.2, 0.25) is 0 Å². The highest BCUT2D eigenvalue weighted by molar-refractivity contribution is 5.75. The Kier molecular flexibility index (Phi) is 5.81. The molecule has 1 saturated carbocycles. The molecular weight excluding hydrogens is 290 g/mol. The van der Waals surface area contributed by atoms with E-state index in [2.05, 4.69) is 10.2 Å². The van der Waals surface area contributed by atoms with E-state index in [1.54, 1.807) is 0 Å². The maximum absolute atomic E-state index is 12.6. The summed E-state index contributed by atoms with van der Waals surface area (Å²) in [6.45, 7) is 4.04. The van der Waals surface area contributed by atoms with Crippen molar-refractivity contribution in [3.05, 3.63) is 0 Å². The molecule has 2 aliphatic heterocycles. The summed E-state index contributed by atoms with van der Waals surface area (Å²) in [5.74, 6) is 0. The van der Waals surface area contributed by atoms with Crippen LogP contribution in [0.1, 0.15) is 64.2 Å². The van der Waals surface area contributed by atoms with E-state index in [9.17, 15) is 9.90 Å². The fourth-order valence-electron chi connectivity index (χ4n) is 4.82. The maximum atomic E-state index is 12.6. The second-order valence-electron chi connectivity index (χ2n) is 7.66. The van der Waals surface area contributed by atoms with E-state index in [1.807, 2.05) is 4.90 Å². The number of aliphatic hydroxyl groups is 1. The number of hydrogen-bond acceptors (Lipinski definition) is 3. The third-order valence-electron chi connectivity index (χ3n) is 6.23. The predicted molar refractivity (Wildman–Crippen MR) is 91.5 cm³/mol. The van der Waals surface area contributed by atoms with Crippen LogP contribution in [0.2, 0.25) is 0 Å². The van der Waals surface area contributed by atoms with Crippen LogP contribution >= 0.6 is 0 Å². The first-order valence-corrected chi connectivity index (χ1v) is 9.66. The monoisotopic (exact) mass is 323 g/mol. The lowest BCUT2D eigenvalue weighted by molar-refractivity contribution is 0.0340. The molecule has 2 heterocycles. The van der Waals surface area contributed by atoms with Gasteiger partial charge in [-0.3, -0.25) is 4.90 Å². The Hall–Kier alpha value is -0.810. The van der Waals surface area contributed by atoms with Crippen LogP contribution in [0.25, 0.3) is 0 Å². The number of likely N-dealkylation sites (tertiary alicyclic amines) is 2. The molecule has 132 valence electrons. The number of piperidine rings is 1. The van der Waals surface area contributed by atoms with Crippen LogP contribution in [0.3, 0.4) is 0 Å². The van der Waals surface area contributed by atoms with Gasteiger partial charge in [-0.15, -0.1) is 0 Å². The zero-order valence-electron chi connectivity index (χ0n) is 14.4. The van der Waals surface area contributed by atoms with Crippen LogP contribution in [-0.2, 0) is 0 Å². The van der Waals surface area contributed by atoms with E-state index in [0.717, 1.165) is 25.9 Å². The number of carbonyl (C=O) groups excluding carboxylic acids is 1. The van der Waals surface area contributed by atoms with Crippen molar-refractivity contribution in [3.63, 3.8) is 0 Å². The zero-order valence-corrected chi connectivity index (χ0v) is 14.4. The third-order valence-corrected chi connectivity index (χ3v) is 6.23. The number of aliphatic hydroxyl groups excluding tert-OH is 1. The van der Waals surface area contributed by atoms with Crippen molar-refractivity contribution < 1.29 is 9.90 Å². The number of carbonyl (C=O) groups is 1. The average Bonchev–Trinajstić information content (AvgIpc) is 3.10. The SMILES string of the molecule is O=C(NCC1(N2CCCCC2)CCCCC1)N1CCCC1CO. The standard InChI is InChI=1S/C18H33N3O2/c22-14-16-8-7-13-21(16)17(23)19-15-18(9-3-1-4-10-18)20-11-5-2-6-12-20/h16,22H,1-15H2,(H,19,23). The first kappa shape index (κ1) is 17.0. The molecule has 1 unspecified atom stereocenters. The van der Waals surface area contributed by atoms with E-state index >= 15 is 0 Å². The van der Waals surface area contributed by atoms with Crippen molar-refractivity contribution in [2.75, 3.05) is 32.8 Å². The van der Waals surface area contributed by atoms with Gasteiger partial charge in [-0.25, -0.2) is 4.79 Å². The Bertz CT molecular complexity index is 390. The molecule has 3 fully saturated rings. The first-order chi connectivity index (χ1) is 11.2. The first-order valence-electron chi connectivity index (χ1n) is 9.66. The molecule has 2 saturated heterocycles. The molecule has 0 spiro atoms. The van der Waals surface area contributed by atoms with Crippen LogP contribution in [0.5, 0.6) is 0 Å². The quantitative estimate of drug-likeness (QED) is 0.835. The van der Waals surface area contributed by atoms with Gasteiger partial charge in [-0.2, -0.15) is 0 Å². The lowest BCUT2D eigenvalue weighted by Crippen LogP contribution is -2.59. The Morgan fingerprint density at radius 1 is 1.00 bits per heavy atom. The molecule has 1 aliphatic carbocycles. The predicted octanol–water partition coefficient (Wildman–Crippen LogP) is 2.34. The normalized spacial score (nSPS) is 28.7. The highest BCUT2D eigenvalue weighted by atomic mass is 16.3. The van der Waals surface area contributed by atoms with Gasteiger partial charge in [-0.05, 0) is 51.6 Å². The van der Waals surface area contributed by atoms with E-state index in [1.165, 1.54) is 64.5 Å². The summed E-state index contributed by atoms with van der Waals surface area (Å²) in [4.78, 5) is 17.1. The molecule has 0 aromatic heterocycles. The Labute approximate surface area is 140 Å².